The summed E-state index contributed by atoms with van der Waals surface area (Å²) in [6.45, 7) is 0. The van der Waals surface area contributed by atoms with E-state index in [1.54, 1.807) is 0 Å². The van der Waals surface area contributed by atoms with Crippen molar-refractivity contribution in [3.8, 4) is 56.4 Å². The lowest BCUT2D eigenvalue weighted by atomic mass is 9.96. The lowest BCUT2D eigenvalue weighted by Crippen LogP contribution is -2.00. The van der Waals surface area contributed by atoms with Crippen molar-refractivity contribution >= 4 is 43.1 Å². The largest absolute Gasteiger partial charge is 0.208 e. The van der Waals surface area contributed by atoms with Crippen molar-refractivity contribution in [3.63, 3.8) is 0 Å². The van der Waals surface area contributed by atoms with E-state index in [0.29, 0.717) is 17.5 Å². The van der Waals surface area contributed by atoms with E-state index in [0.717, 1.165) is 38.6 Å². The summed E-state index contributed by atoms with van der Waals surface area (Å²) in [5.41, 5.74) is 7.57. The SMILES string of the molecule is c1ccc(-c2nc(-c3cccc(-c4ccc5cc(-c6ccc7ccccc7c6)ccc5c4)c3)nc(-c3cccc4ccc5ccccc5c34)n2)cc1. The molecule has 0 fully saturated rings. The Morgan fingerprint density at radius 3 is 1.46 bits per heavy atom. The van der Waals surface area contributed by atoms with Crippen LogP contribution in [-0.2, 0) is 0 Å². The van der Waals surface area contributed by atoms with E-state index in [4.69, 9.17) is 15.0 Å². The number of hydrogen-bond acceptors (Lipinski definition) is 3. The minimum Gasteiger partial charge on any atom is -0.208 e. The zero-order valence-electron chi connectivity index (χ0n) is 28.2. The molecule has 0 radical (unpaired) electrons. The van der Waals surface area contributed by atoms with Crippen molar-refractivity contribution in [2.45, 2.75) is 0 Å². The van der Waals surface area contributed by atoms with Crippen LogP contribution >= 0.6 is 0 Å². The van der Waals surface area contributed by atoms with E-state index >= 15 is 0 Å². The van der Waals surface area contributed by atoms with Crippen LogP contribution in [0, 0.1) is 0 Å². The van der Waals surface area contributed by atoms with Gasteiger partial charge in [-0.25, -0.2) is 15.0 Å². The maximum absolute atomic E-state index is 5.18. The van der Waals surface area contributed by atoms with Crippen molar-refractivity contribution in [3.05, 3.63) is 188 Å². The summed E-state index contributed by atoms with van der Waals surface area (Å²) >= 11 is 0. The number of aromatic nitrogens is 3. The first kappa shape index (κ1) is 29.9. The second-order valence-electron chi connectivity index (χ2n) is 13.3. The molecule has 0 amide bonds. The highest BCUT2D eigenvalue weighted by atomic mass is 15.0. The Morgan fingerprint density at radius 2 is 0.712 bits per heavy atom. The van der Waals surface area contributed by atoms with Crippen LogP contribution < -0.4 is 0 Å². The van der Waals surface area contributed by atoms with Gasteiger partial charge in [-0.3, -0.25) is 0 Å². The molecule has 0 saturated carbocycles. The van der Waals surface area contributed by atoms with Gasteiger partial charge in [-0.05, 0) is 84.2 Å². The predicted molar refractivity (Wildman–Crippen MR) is 217 cm³/mol. The molecule has 0 unspecified atom stereocenters. The predicted octanol–water partition coefficient (Wildman–Crippen LogP) is 12.8. The van der Waals surface area contributed by atoms with E-state index in [-0.39, 0.29) is 0 Å². The summed E-state index contributed by atoms with van der Waals surface area (Å²) in [4.78, 5) is 15.3. The lowest BCUT2D eigenvalue weighted by Gasteiger charge is -2.13. The Bertz CT molecular complexity index is 2970. The van der Waals surface area contributed by atoms with Gasteiger partial charge in [0.1, 0.15) is 0 Å². The van der Waals surface area contributed by atoms with Crippen LogP contribution in [0.4, 0.5) is 0 Å². The van der Waals surface area contributed by atoms with E-state index < -0.39 is 0 Å². The van der Waals surface area contributed by atoms with Crippen molar-refractivity contribution in [1.82, 2.24) is 15.0 Å². The molecule has 0 aliphatic heterocycles. The molecule has 9 aromatic carbocycles. The van der Waals surface area contributed by atoms with Gasteiger partial charge in [0.15, 0.2) is 17.5 Å². The first-order valence-corrected chi connectivity index (χ1v) is 17.6. The molecule has 0 aliphatic carbocycles. The highest BCUT2D eigenvalue weighted by Crippen LogP contribution is 2.36. The Hall–Kier alpha value is -6.97. The average molecular weight is 662 g/mol. The molecule has 0 aliphatic rings. The number of fused-ring (bicyclic) bond motifs is 5. The zero-order chi connectivity index (χ0) is 34.4. The Morgan fingerprint density at radius 1 is 0.250 bits per heavy atom. The van der Waals surface area contributed by atoms with Crippen LogP contribution in [0.15, 0.2) is 188 Å². The van der Waals surface area contributed by atoms with Crippen molar-refractivity contribution in [1.29, 1.82) is 0 Å². The molecule has 0 atom stereocenters. The molecular weight excluding hydrogens is 631 g/mol. The fraction of sp³-hybridized carbons (Fsp3) is 0. The van der Waals surface area contributed by atoms with Crippen LogP contribution in [0.3, 0.4) is 0 Å². The maximum Gasteiger partial charge on any atom is 0.164 e. The lowest BCUT2D eigenvalue weighted by molar-refractivity contribution is 1.08. The third-order valence-electron chi connectivity index (χ3n) is 10.1. The third-order valence-corrected chi connectivity index (χ3v) is 10.1. The highest BCUT2D eigenvalue weighted by Gasteiger charge is 2.16. The average Bonchev–Trinajstić information content (AvgIpc) is 3.23. The van der Waals surface area contributed by atoms with Crippen LogP contribution in [0.2, 0.25) is 0 Å². The van der Waals surface area contributed by atoms with E-state index in [1.165, 1.54) is 43.4 Å². The molecule has 0 N–H and O–H groups in total. The Kier molecular flexibility index (Phi) is 7.14. The van der Waals surface area contributed by atoms with Gasteiger partial charge in [0, 0.05) is 22.1 Å². The second kappa shape index (κ2) is 12.4. The quantitative estimate of drug-likeness (QED) is 0.172. The molecule has 52 heavy (non-hydrogen) atoms. The smallest absolute Gasteiger partial charge is 0.164 e. The third kappa shape index (κ3) is 5.37. The van der Waals surface area contributed by atoms with Gasteiger partial charge in [-0.1, -0.05) is 164 Å². The van der Waals surface area contributed by atoms with E-state index in [9.17, 15) is 0 Å². The van der Waals surface area contributed by atoms with Gasteiger partial charge in [0.25, 0.3) is 0 Å². The molecule has 242 valence electrons. The molecule has 10 aromatic rings. The molecule has 0 saturated heterocycles. The Balaban J connectivity index is 1.07. The van der Waals surface area contributed by atoms with Crippen LogP contribution in [0.1, 0.15) is 0 Å². The summed E-state index contributed by atoms with van der Waals surface area (Å²) in [5, 5.41) is 9.59. The van der Waals surface area contributed by atoms with Crippen molar-refractivity contribution in [2.75, 3.05) is 0 Å². The van der Waals surface area contributed by atoms with E-state index in [2.05, 4.69) is 170 Å². The summed E-state index contributed by atoms with van der Waals surface area (Å²) in [6, 6.07) is 66.6. The first-order valence-electron chi connectivity index (χ1n) is 17.6. The maximum atomic E-state index is 5.18. The summed E-state index contributed by atoms with van der Waals surface area (Å²) in [5.74, 6) is 1.95. The van der Waals surface area contributed by atoms with Crippen molar-refractivity contribution in [2.24, 2.45) is 0 Å². The topological polar surface area (TPSA) is 38.7 Å². The van der Waals surface area contributed by atoms with Gasteiger partial charge in [-0.15, -0.1) is 0 Å². The fourth-order valence-electron chi connectivity index (χ4n) is 7.40. The van der Waals surface area contributed by atoms with Gasteiger partial charge in [0.05, 0.1) is 0 Å². The second-order valence-corrected chi connectivity index (χ2v) is 13.3. The van der Waals surface area contributed by atoms with Crippen LogP contribution in [-0.4, -0.2) is 15.0 Å². The minimum absolute atomic E-state index is 0.642. The molecule has 0 spiro atoms. The molecule has 1 heterocycles. The van der Waals surface area contributed by atoms with E-state index in [1.807, 2.05) is 18.2 Å². The zero-order valence-corrected chi connectivity index (χ0v) is 28.2. The normalized spacial score (nSPS) is 11.5. The number of benzene rings is 9. The standard InChI is InChI=1S/C49H31N3/c1-2-12-35(13-3-1)47-50-48(52-49(51-47)45-19-9-15-34-22-21-33-11-6-7-18-44(33)46(34)45)43-17-8-16-37(31-43)38-24-25-42-30-41(27-26-40(42)29-38)39-23-20-32-10-4-5-14-36(32)28-39/h1-31H. The summed E-state index contributed by atoms with van der Waals surface area (Å²) in [6.07, 6.45) is 0. The molecular formula is C49H31N3. The van der Waals surface area contributed by atoms with Crippen molar-refractivity contribution < 1.29 is 0 Å². The molecule has 0 bridgehead atoms. The van der Waals surface area contributed by atoms with Gasteiger partial charge >= 0.3 is 0 Å². The number of nitrogens with zero attached hydrogens (tertiary/aromatic N) is 3. The highest BCUT2D eigenvalue weighted by molar-refractivity contribution is 6.13. The number of rotatable bonds is 5. The van der Waals surface area contributed by atoms with Gasteiger partial charge in [-0.2, -0.15) is 0 Å². The molecule has 3 heteroatoms. The van der Waals surface area contributed by atoms with Gasteiger partial charge < -0.3 is 0 Å². The Labute approximate surface area is 301 Å². The van der Waals surface area contributed by atoms with Gasteiger partial charge in [0.2, 0.25) is 0 Å². The molecule has 10 rings (SSSR count). The number of hydrogen-bond donors (Lipinski definition) is 0. The molecule has 3 nitrogen and oxygen atoms in total. The summed E-state index contributed by atoms with van der Waals surface area (Å²) < 4.78 is 0. The van der Waals surface area contributed by atoms with Crippen LogP contribution in [0.25, 0.3) is 99.5 Å². The van der Waals surface area contributed by atoms with Crippen LogP contribution in [0.5, 0.6) is 0 Å². The fourth-order valence-corrected chi connectivity index (χ4v) is 7.40. The minimum atomic E-state index is 0.642. The first-order chi connectivity index (χ1) is 25.7. The molecule has 1 aromatic heterocycles. The monoisotopic (exact) mass is 661 g/mol. The summed E-state index contributed by atoms with van der Waals surface area (Å²) in [7, 11) is 0.